The fraction of sp³-hybridized carbons (Fsp3) is 0.273. The van der Waals surface area contributed by atoms with Crippen molar-refractivity contribution in [2.24, 2.45) is 0 Å². The summed E-state index contributed by atoms with van der Waals surface area (Å²) >= 11 is 0. The highest BCUT2D eigenvalue weighted by Crippen LogP contribution is 2.20. The van der Waals surface area contributed by atoms with Gasteiger partial charge in [-0.15, -0.1) is 0 Å². The molecule has 0 spiro atoms. The van der Waals surface area contributed by atoms with Crippen LogP contribution in [0.1, 0.15) is 5.56 Å². The van der Waals surface area contributed by atoms with Crippen LogP contribution in [0.2, 0.25) is 0 Å². The number of hydrogen-bond donors (Lipinski definition) is 2. The Kier molecular flexibility index (Phi) is 7.91. The molecule has 0 atom stereocenters. The van der Waals surface area contributed by atoms with E-state index in [4.69, 9.17) is 14.7 Å². The van der Waals surface area contributed by atoms with E-state index in [1.165, 1.54) is 28.7 Å². The molecule has 0 radical (unpaired) electrons. The Morgan fingerprint density at radius 2 is 1.67 bits per heavy atom. The minimum atomic E-state index is -3.97. The molecule has 0 fully saturated rings. The number of nitrogens with two attached hydrogens (primary N) is 1. The van der Waals surface area contributed by atoms with Crippen molar-refractivity contribution in [3.8, 4) is 5.75 Å². The molecular formula is C22H26N4O6S. The molecule has 10 nitrogen and oxygen atoms in total. The maximum Gasteiger partial charge on any atom is 0.330 e. The summed E-state index contributed by atoms with van der Waals surface area (Å²) in [4.78, 5) is 28.8. The Labute approximate surface area is 191 Å². The molecule has 0 unspecified atom stereocenters. The van der Waals surface area contributed by atoms with E-state index in [-0.39, 0.29) is 43.5 Å². The molecule has 2 aromatic carbocycles. The third kappa shape index (κ3) is 6.46. The van der Waals surface area contributed by atoms with Crippen molar-refractivity contribution in [2.75, 3.05) is 36.6 Å². The van der Waals surface area contributed by atoms with Crippen LogP contribution in [-0.2, 0) is 27.9 Å². The van der Waals surface area contributed by atoms with Gasteiger partial charge in [-0.1, -0.05) is 48.5 Å². The van der Waals surface area contributed by atoms with Crippen molar-refractivity contribution >= 4 is 21.6 Å². The lowest BCUT2D eigenvalue weighted by atomic mass is 10.2. The molecule has 0 bridgehead atoms. The molecule has 0 aliphatic carbocycles. The highest BCUT2D eigenvalue weighted by atomic mass is 32.2. The van der Waals surface area contributed by atoms with Gasteiger partial charge in [0.15, 0.2) is 0 Å². The Balaban J connectivity index is 1.94. The standard InChI is InChI=1S/C22H26N4O6S/c1-31-14-12-26-20(23)19(21(27)24-22(26)28)25(16-17-8-4-2-5-9-17)13-15-33(29,30)32-18-10-6-3-7-11-18/h2-11H,12-16,23H2,1H3,(H,24,27,28). The van der Waals surface area contributed by atoms with Gasteiger partial charge in [-0.2, -0.15) is 8.42 Å². The molecule has 0 saturated carbocycles. The van der Waals surface area contributed by atoms with Crippen molar-refractivity contribution in [3.63, 3.8) is 0 Å². The predicted molar refractivity (Wildman–Crippen MR) is 126 cm³/mol. The number of benzene rings is 2. The molecule has 11 heteroatoms. The van der Waals surface area contributed by atoms with E-state index in [9.17, 15) is 18.0 Å². The third-order valence-electron chi connectivity index (χ3n) is 4.84. The Hall–Kier alpha value is -3.57. The Morgan fingerprint density at radius 3 is 2.30 bits per heavy atom. The summed E-state index contributed by atoms with van der Waals surface area (Å²) in [5.74, 6) is -0.291. The summed E-state index contributed by atoms with van der Waals surface area (Å²) in [6.45, 7) is 0.421. The first-order valence-corrected chi connectivity index (χ1v) is 11.8. The quantitative estimate of drug-likeness (QED) is 0.395. The van der Waals surface area contributed by atoms with Gasteiger partial charge in [-0.25, -0.2) is 4.79 Å². The van der Waals surface area contributed by atoms with E-state index in [1.807, 2.05) is 30.3 Å². The van der Waals surface area contributed by atoms with Crippen LogP contribution < -0.4 is 26.1 Å². The smallest absolute Gasteiger partial charge is 0.330 e. The number of H-pyrrole nitrogens is 1. The van der Waals surface area contributed by atoms with Crippen LogP contribution in [0.25, 0.3) is 0 Å². The second-order valence-corrected chi connectivity index (χ2v) is 8.89. The van der Waals surface area contributed by atoms with E-state index >= 15 is 0 Å². The van der Waals surface area contributed by atoms with Crippen LogP contribution >= 0.6 is 0 Å². The van der Waals surface area contributed by atoms with Crippen molar-refractivity contribution in [1.82, 2.24) is 9.55 Å². The summed E-state index contributed by atoms with van der Waals surface area (Å²) in [5.41, 5.74) is 5.66. The summed E-state index contributed by atoms with van der Waals surface area (Å²) in [6, 6.07) is 17.3. The highest BCUT2D eigenvalue weighted by molar-refractivity contribution is 7.87. The first-order chi connectivity index (χ1) is 15.8. The lowest BCUT2D eigenvalue weighted by Crippen LogP contribution is -2.40. The lowest BCUT2D eigenvalue weighted by Gasteiger charge is -2.26. The van der Waals surface area contributed by atoms with Crippen LogP contribution in [0.15, 0.2) is 70.3 Å². The van der Waals surface area contributed by atoms with Gasteiger partial charge in [-0.3, -0.25) is 14.3 Å². The van der Waals surface area contributed by atoms with Crippen molar-refractivity contribution in [3.05, 3.63) is 87.1 Å². The zero-order valence-corrected chi connectivity index (χ0v) is 19.0. The van der Waals surface area contributed by atoms with E-state index in [1.54, 1.807) is 18.2 Å². The first-order valence-electron chi connectivity index (χ1n) is 10.2. The molecule has 0 aliphatic rings. The van der Waals surface area contributed by atoms with Crippen molar-refractivity contribution < 1.29 is 17.3 Å². The summed E-state index contributed by atoms with van der Waals surface area (Å²) < 4.78 is 36.5. The molecule has 0 saturated heterocycles. The zero-order chi connectivity index (χ0) is 23.8. The number of para-hydroxylation sites is 1. The maximum atomic E-state index is 12.7. The second kappa shape index (κ2) is 10.8. The van der Waals surface area contributed by atoms with Crippen LogP contribution in [0.3, 0.4) is 0 Å². The van der Waals surface area contributed by atoms with Crippen LogP contribution in [0.5, 0.6) is 5.75 Å². The average molecular weight is 475 g/mol. The fourth-order valence-electron chi connectivity index (χ4n) is 3.25. The van der Waals surface area contributed by atoms with Gasteiger partial charge in [0.2, 0.25) is 0 Å². The van der Waals surface area contributed by atoms with E-state index < -0.39 is 27.1 Å². The minimum Gasteiger partial charge on any atom is -0.383 e. The number of nitrogens with one attached hydrogen (secondary N) is 1. The molecule has 176 valence electrons. The molecule has 33 heavy (non-hydrogen) atoms. The van der Waals surface area contributed by atoms with Gasteiger partial charge in [0.1, 0.15) is 23.0 Å². The summed E-state index contributed by atoms with van der Waals surface area (Å²) in [7, 11) is -2.49. The second-order valence-electron chi connectivity index (χ2n) is 7.20. The number of nitrogens with zero attached hydrogens (tertiary/aromatic N) is 2. The normalized spacial score (nSPS) is 11.3. The van der Waals surface area contributed by atoms with Gasteiger partial charge in [0.25, 0.3) is 5.56 Å². The number of aromatic amines is 1. The van der Waals surface area contributed by atoms with Gasteiger partial charge in [0, 0.05) is 20.2 Å². The average Bonchev–Trinajstić information content (AvgIpc) is 2.78. The molecule has 3 N–H and O–H groups in total. The van der Waals surface area contributed by atoms with Gasteiger partial charge >= 0.3 is 15.8 Å². The van der Waals surface area contributed by atoms with Crippen LogP contribution in [0.4, 0.5) is 11.5 Å². The van der Waals surface area contributed by atoms with Crippen molar-refractivity contribution in [1.29, 1.82) is 0 Å². The molecule has 3 rings (SSSR count). The Morgan fingerprint density at radius 1 is 1.03 bits per heavy atom. The Bertz CT molecular complexity index is 1270. The first kappa shape index (κ1) is 24.1. The van der Waals surface area contributed by atoms with E-state index in [0.717, 1.165) is 5.56 Å². The SMILES string of the molecule is COCCn1c(N)c(N(CCS(=O)(=O)Oc2ccccc2)Cc2ccccc2)c(=O)[nH]c1=O. The molecular weight excluding hydrogens is 448 g/mol. The minimum absolute atomic E-state index is 0.00414. The largest absolute Gasteiger partial charge is 0.383 e. The van der Waals surface area contributed by atoms with Crippen molar-refractivity contribution in [2.45, 2.75) is 13.1 Å². The summed E-state index contributed by atoms with van der Waals surface area (Å²) in [6.07, 6.45) is 0. The van der Waals surface area contributed by atoms with Crippen LogP contribution in [-0.4, -0.2) is 44.0 Å². The van der Waals surface area contributed by atoms with Gasteiger partial charge in [0.05, 0.1) is 13.2 Å². The van der Waals surface area contributed by atoms with E-state index in [2.05, 4.69) is 4.98 Å². The monoisotopic (exact) mass is 474 g/mol. The van der Waals surface area contributed by atoms with E-state index in [0.29, 0.717) is 0 Å². The lowest BCUT2D eigenvalue weighted by molar-refractivity contribution is 0.186. The third-order valence-corrected chi connectivity index (χ3v) is 5.97. The van der Waals surface area contributed by atoms with Gasteiger partial charge < -0.3 is 19.6 Å². The number of nitrogen functional groups attached to an aromatic ring is 1. The molecule has 0 aliphatic heterocycles. The number of hydrogen-bond acceptors (Lipinski definition) is 8. The fourth-order valence-corrected chi connectivity index (χ4v) is 4.18. The molecule has 1 heterocycles. The molecule has 0 amide bonds. The number of methoxy groups -OCH3 is 1. The highest BCUT2D eigenvalue weighted by Gasteiger charge is 2.22. The molecule has 3 aromatic rings. The number of aromatic nitrogens is 2. The number of ether oxygens (including phenoxy) is 1. The molecule has 1 aromatic heterocycles. The topological polar surface area (TPSA) is 137 Å². The number of rotatable bonds is 11. The number of anilines is 2. The summed E-state index contributed by atoms with van der Waals surface area (Å²) in [5, 5.41) is 0. The zero-order valence-electron chi connectivity index (χ0n) is 18.1. The maximum absolute atomic E-state index is 12.7. The predicted octanol–water partition coefficient (Wildman–Crippen LogP) is 1.18. The van der Waals surface area contributed by atoms with Crippen LogP contribution in [0, 0.1) is 0 Å². The van der Waals surface area contributed by atoms with Gasteiger partial charge in [-0.05, 0) is 17.7 Å².